The Balaban J connectivity index is 1.07. The molecule has 0 radical (unpaired) electrons. The van der Waals surface area contributed by atoms with E-state index in [1.807, 2.05) is 23.3 Å². The Hall–Kier alpha value is -2.63. The average molecular weight is 489 g/mol. The zero-order valence-corrected chi connectivity index (χ0v) is 21.5. The van der Waals surface area contributed by atoms with Gasteiger partial charge in [-0.3, -0.25) is 9.69 Å². The maximum Gasteiger partial charge on any atom is 0.264 e. The number of ether oxygens (including phenoxy) is 1. The van der Waals surface area contributed by atoms with Crippen LogP contribution in [0.25, 0.3) is 0 Å². The third kappa shape index (κ3) is 6.14. The van der Waals surface area contributed by atoms with E-state index in [0.717, 1.165) is 61.8 Å². The van der Waals surface area contributed by atoms with Gasteiger partial charge in [0.1, 0.15) is 5.75 Å². The first-order chi connectivity index (χ1) is 17.2. The monoisotopic (exact) mass is 488 g/mol. The summed E-state index contributed by atoms with van der Waals surface area (Å²) in [5, 5.41) is 2.00. The van der Waals surface area contributed by atoms with Crippen molar-refractivity contribution < 1.29 is 9.53 Å². The lowest BCUT2D eigenvalue weighted by atomic mass is 9.89. The Morgan fingerprint density at radius 3 is 2.46 bits per heavy atom. The predicted molar refractivity (Wildman–Crippen MR) is 143 cm³/mol. The standard InChI is InChI=1S/C30H36N2O2S/c1-23-15-19-35-29(23)30(33)32-16-5-6-25(21-32)22-34-28-11-9-24(10-12-28)20-31-17-13-27(14-18-31)26-7-3-2-4-8-26/h2-4,7-12,15,19,25,27H,5-6,13-14,16-18,20-22H2,1H3. The first-order valence-electron chi connectivity index (χ1n) is 13.0. The summed E-state index contributed by atoms with van der Waals surface area (Å²) in [7, 11) is 0. The Kier molecular flexibility index (Phi) is 7.85. The Bertz CT molecular complexity index is 1090. The van der Waals surface area contributed by atoms with E-state index in [4.69, 9.17) is 4.74 Å². The second-order valence-electron chi connectivity index (χ2n) is 10.1. The van der Waals surface area contributed by atoms with Crippen molar-refractivity contribution in [1.82, 2.24) is 9.80 Å². The van der Waals surface area contributed by atoms with Crippen molar-refractivity contribution in [2.24, 2.45) is 5.92 Å². The van der Waals surface area contributed by atoms with Gasteiger partial charge in [0.15, 0.2) is 0 Å². The fraction of sp³-hybridized carbons (Fsp3) is 0.433. The molecule has 1 unspecified atom stereocenters. The maximum atomic E-state index is 12.9. The summed E-state index contributed by atoms with van der Waals surface area (Å²) in [5.74, 6) is 2.19. The molecule has 3 aromatic rings. The Morgan fingerprint density at radius 1 is 0.971 bits per heavy atom. The normalized spacial score (nSPS) is 19.6. The number of piperidine rings is 2. The lowest BCUT2D eigenvalue weighted by Crippen LogP contribution is -2.41. The third-order valence-corrected chi connectivity index (χ3v) is 8.54. The highest BCUT2D eigenvalue weighted by Crippen LogP contribution is 2.29. The molecule has 2 aliphatic heterocycles. The van der Waals surface area contributed by atoms with Crippen molar-refractivity contribution in [1.29, 1.82) is 0 Å². The van der Waals surface area contributed by atoms with E-state index in [-0.39, 0.29) is 5.91 Å². The average Bonchev–Trinajstić information content (AvgIpc) is 3.35. The highest BCUT2D eigenvalue weighted by atomic mass is 32.1. The SMILES string of the molecule is Cc1ccsc1C(=O)N1CCCC(COc2ccc(CN3CCC(c4ccccc4)CC3)cc2)C1. The molecule has 2 aliphatic rings. The van der Waals surface area contributed by atoms with Crippen LogP contribution in [0.15, 0.2) is 66.0 Å². The lowest BCUT2D eigenvalue weighted by Gasteiger charge is -2.32. The summed E-state index contributed by atoms with van der Waals surface area (Å²) < 4.78 is 6.15. The minimum Gasteiger partial charge on any atom is -0.493 e. The number of hydrogen-bond acceptors (Lipinski definition) is 4. The van der Waals surface area contributed by atoms with E-state index < -0.39 is 0 Å². The van der Waals surface area contributed by atoms with Crippen LogP contribution in [0.1, 0.15) is 58.0 Å². The molecule has 2 fully saturated rings. The Morgan fingerprint density at radius 2 is 1.74 bits per heavy atom. The number of carbonyl (C=O) groups is 1. The van der Waals surface area contributed by atoms with Crippen LogP contribution in [-0.4, -0.2) is 48.5 Å². The van der Waals surface area contributed by atoms with Gasteiger partial charge in [-0.2, -0.15) is 0 Å². The van der Waals surface area contributed by atoms with Crippen LogP contribution in [0.3, 0.4) is 0 Å². The van der Waals surface area contributed by atoms with Gasteiger partial charge >= 0.3 is 0 Å². The highest BCUT2D eigenvalue weighted by Gasteiger charge is 2.26. The zero-order valence-electron chi connectivity index (χ0n) is 20.7. The van der Waals surface area contributed by atoms with E-state index in [9.17, 15) is 4.79 Å². The van der Waals surface area contributed by atoms with E-state index in [2.05, 4.69) is 59.5 Å². The topological polar surface area (TPSA) is 32.8 Å². The molecular weight excluding hydrogens is 452 g/mol. The smallest absolute Gasteiger partial charge is 0.264 e. The molecule has 1 amide bonds. The number of hydrogen-bond donors (Lipinski definition) is 0. The van der Waals surface area contributed by atoms with Crippen LogP contribution >= 0.6 is 11.3 Å². The molecule has 0 N–H and O–H groups in total. The second-order valence-corrected chi connectivity index (χ2v) is 11.0. The summed E-state index contributed by atoms with van der Waals surface area (Å²) in [5.41, 5.74) is 3.91. The van der Waals surface area contributed by atoms with Gasteiger partial charge in [-0.05, 0) is 91.9 Å². The van der Waals surface area contributed by atoms with Crippen molar-refractivity contribution in [3.05, 3.63) is 87.6 Å². The molecule has 5 rings (SSSR count). The fourth-order valence-corrected chi connectivity index (χ4v) is 6.33. The van der Waals surface area contributed by atoms with Crippen LogP contribution in [0, 0.1) is 12.8 Å². The van der Waals surface area contributed by atoms with Crippen molar-refractivity contribution in [3.8, 4) is 5.75 Å². The molecule has 184 valence electrons. The molecule has 0 aliphatic carbocycles. The van der Waals surface area contributed by atoms with E-state index in [0.29, 0.717) is 18.4 Å². The summed E-state index contributed by atoms with van der Waals surface area (Å²) in [6, 6.07) is 21.6. The number of nitrogens with zero attached hydrogens (tertiary/aromatic N) is 2. The number of carbonyl (C=O) groups excluding carboxylic acids is 1. The van der Waals surface area contributed by atoms with E-state index in [1.165, 1.54) is 24.0 Å². The van der Waals surface area contributed by atoms with Crippen molar-refractivity contribution in [2.45, 2.75) is 45.1 Å². The summed E-state index contributed by atoms with van der Waals surface area (Å²) in [6.07, 6.45) is 4.63. The summed E-state index contributed by atoms with van der Waals surface area (Å²) in [6.45, 7) is 7.63. The first kappa shape index (κ1) is 24.1. The quantitative estimate of drug-likeness (QED) is 0.388. The van der Waals surface area contributed by atoms with Gasteiger partial charge in [0.25, 0.3) is 5.91 Å². The molecule has 1 atom stereocenters. The molecule has 3 heterocycles. The number of aryl methyl sites for hydroxylation is 1. The van der Waals surface area contributed by atoms with E-state index >= 15 is 0 Å². The van der Waals surface area contributed by atoms with Crippen LogP contribution in [-0.2, 0) is 6.54 Å². The number of thiophene rings is 1. The van der Waals surface area contributed by atoms with Crippen molar-refractivity contribution in [2.75, 3.05) is 32.8 Å². The largest absolute Gasteiger partial charge is 0.493 e. The van der Waals surface area contributed by atoms with Gasteiger partial charge in [0, 0.05) is 25.6 Å². The third-order valence-electron chi connectivity index (χ3n) is 7.54. The molecule has 0 bridgehead atoms. The molecule has 0 spiro atoms. The van der Waals surface area contributed by atoms with Gasteiger partial charge in [-0.15, -0.1) is 11.3 Å². The minimum atomic E-state index is 0.180. The van der Waals surface area contributed by atoms with Crippen LogP contribution < -0.4 is 4.74 Å². The lowest BCUT2D eigenvalue weighted by molar-refractivity contribution is 0.0637. The number of likely N-dealkylation sites (tertiary alicyclic amines) is 2. The van der Waals surface area contributed by atoms with Crippen LogP contribution in [0.2, 0.25) is 0 Å². The number of benzene rings is 2. The fourth-order valence-electron chi connectivity index (χ4n) is 5.43. The second kappa shape index (κ2) is 11.4. The molecule has 4 nitrogen and oxygen atoms in total. The van der Waals surface area contributed by atoms with Crippen LogP contribution in [0.5, 0.6) is 5.75 Å². The number of amides is 1. The maximum absolute atomic E-state index is 12.9. The van der Waals surface area contributed by atoms with Crippen molar-refractivity contribution in [3.63, 3.8) is 0 Å². The molecule has 0 saturated carbocycles. The molecule has 2 saturated heterocycles. The summed E-state index contributed by atoms with van der Waals surface area (Å²) in [4.78, 5) is 18.3. The van der Waals surface area contributed by atoms with Gasteiger partial charge in [0.2, 0.25) is 0 Å². The molecular formula is C30H36N2O2S. The van der Waals surface area contributed by atoms with Gasteiger partial charge in [-0.25, -0.2) is 0 Å². The van der Waals surface area contributed by atoms with Gasteiger partial charge in [-0.1, -0.05) is 42.5 Å². The van der Waals surface area contributed by atoms with Crippen molar-refractivity contribution >= 4 is 17.2 Å². The van der Waals surface area contributed by atoms with Gasteiger partial charge in [0.05, 0.1) is 11.5 Å². The predicted octanol–water partition coefficient (Wildman–Crippen LogP) is 6.37. The number of rotatable bonds is 7. The van der Waals surface area contributed by atoms with Gasteiger partial charge < -0.3 is 9.64 Å². The zero-order chi connectivity index (χ0) is 24.0. The van der Waals surface area contributed by atoms with E-state index in [1.54, 1.807) is 11.3 Å². The first-order valence-corrected chi connectivity index (χ1v) is 13.9. The molecule has 5 heteroatoms. The summed E-state index contributed by atoms with van der Waals surface area (Å²) >= 11 is 1.55. The molecule has 2 aromatic carbocycles. The van der Waals surface area contributed by atoms with Crippen LogP contribution in [0.4, 0.5) is 0 Å². The highest BCUT2D eigenvalue weighted by molar-refractivity contribution is 7.12. The minimum absolute atomic E-state index is 0.180. The molecule has 35 heavy (non-hydrogen) atoms. The Labute approximate surface area is 213 Å². The molecule has 1 aromatic heterocycles.